The summed E-state index contributed by atoms with van der Waals surface area (Å²) in [6.45, 7) is 4.98. The molecule has 0 fully saturated rings. The van der Waals surface area contributed by atoms with E-state index in [9.17, 15) is 9.90 Å². The van der Waals surface area contributed by atoms with Gasteiger partial charge in [0.25, 0.3) is 0 Å². The molecule has 0 radical (unpaired) electrons. The van der Waals surface area contributed by atoms with Crippen molar-refractivity contribution in [2.75, 3.05) is 11.9 Å². The van der Waals surface area contributed by atoms with E-state index >= 15 is 0 Å². The molecule has 6 nitrogen and oxygen atoms in total. The second-order valence-corrected chi connectivity index (χ2v) is 5.19. The van der Waals surface area contributed by atoms with Crippen LogP contribution in [0.2, 0.25) is 0 Å². The molecule has 1 atom stereocenters. The van der Waals surface area contributed by atoms with Crippen molar-refractivity contribution < 1.29 is 19.7 Å². The summed E-state index contributed by atoms with van der Waals surface area (Å²) in [6.07, 6.45) is -0.596. The Morgan fingerprint density at radius 2 is 2.11 bits per heavy atom. The lowest BCUT2D eigenvalue weighted by Crippen LogP contribution is -2.27. The fourth-order valence-electron chi connectivity index (χ4n) is 1.45. The van der Waals surface area contributed by atoms with Crippen molar-refractivity contribution in [3.63, 3.8) is 0 Å². The molecular formula is C13H20N2O4. The summed E-state index contributed by atoms with van der Waals surface area (Å²) in [6, 6.07) is 3.71. The summed E-state index contributed by atoms with van der Waals surface area (Å²) in [7, 11) is 0. The molecular weight excluding hydrogens is 248 g/mol. The van der Waals surface area contributed by atoms with Crippen molar-refractivity contribution >= 4 is 11.8 Å². The lowest BCUT2D eigenvalue weighted by Gasteiger charge is -2.20. The maximum atomic E-state index is 11.6. The van der Waals surface area contributed by atoms with Crippen molar-refractivity contribution in [1.29, 1.82) is 0 Å². The number of phenols is 1. The minimum absolute atomic E-state index is 0.0312. The van der Waals surface area contributed by atoms with Crippen LogP contribution in [0.3, 0.4) is 0 Å². The highest BCUT2D eigenvalue weighted by Gasteiger charge is 2.17. The number of carbonyl (C=O) groups is 1. The van der Waals surface area contributed by atoms with Gasteiger partial charge in [-0.2, -0.15) is 0 Å². The second kappa shape index (κ2) is 5.90. The molecule has 1 aromatic rings. The molecule has 0 saturated heterocycles. The topological polar surface area (TPSA) is 105 Å². The predicted molar refractivity (Wildman–Crippen MR) is 72.0 cm³/mol. The van der Waals surface area contributed by atoms with Crippen LogP contribution in [-0.4, -0.2) is 28.5 Å². The van der Waals surface area contributed by atoms with E-state index in [1.807, 2.05) is 0 Å². The molecule has 0 unspecified atom stereocenters. The number of carbonyl (C=O) groups excluding carboxylic acids is 1. The SMILES string of the molecule is CC(C)(C)OC(=O)Nc1ccc(O)c([C@H](N)CO)c1. The molecule has 0 spiro atoms. The third-order valence-electron chi connectivity index (χ3n) is 2.27. The van der Waals surface area contributed by atoms with Crippen LogP contribution in [-0.2, 0) is 4.74 Å². The number of aliphatic hydroxyl groups excluding tert-OH is 1. The van der Waals surface area contributed by atoms with Crippen LogP contribution in [0.15, 0.2) is 18.2 Å². The Balaban J connectivity index is 2.83. The fraction of sp³-hybridized carbons (Fsp3) is 0.462. The molecule has 0 bridgehead atoms. The molecule has 0 heterocycles. The van der Waals surface area contributed by atoms with Gasteiger partial charge >= 0.3 is 6.09 Å². The van der Waals surface area contributed by atoms with Gasteiger partial charge in [-0.05, 0) is 39.0 Å². The van der Waals surface area contributed by atoms with E-state index in [0.717, 1.165) is 0 Å². The van der Waals surface area contributed by atoms with Crippen LogP contribution >= 0.6 is 0 Å². The van der Waals surface area contributed by atoms with E-state index in [1.54, 1.807) is 20.8 Å². The number of ether oxygens (including phenoxy) is 1. The van der Waals surface area contributed by atoms with Gasteiger partial charge in [-0.25, -0.2) is 4.79 Å². The van der Waals surface area contributed by atoms with Gasteiger partial charge in [0.2, 0.25) is 0 Å². The van der Waals surface area contributed by atoms with Gasteiger partial charge in [-0.1, -0.05) is 0 Å². The lowest BCUT2D eigenvalue weighted by atomic mass is 10.1. The van der Waals surface area contributed by atoms with Gasteiger partial charge in [0.05, 0.1) is 12.6 Å². The lowest BCUT2D eigenvalue weighted by molar-refractivity contribution is 0.0636. The molecule has 6 heteroatoms. The third kappa shape index (κ3) is 4.76. The predicted octanol–water partition coefficient (Wildman–Crippen LogP) is 1.73. The summed E-state index contributed by atoms with van der Waals surface area (Å²) < 4.78 is 5.11. The highest BCUT2D eigenvalue weighted by molar-refractivity contribution is 5.85. The first-order valence-corrected chi connectivity index (χ1v) is 5.92. The number of phenolic OH excluding ortho intramolecular Hbond substituents is 1. The van der Waals surface area contributed by atoms with Crippen molar-refractivity contribution in [2.45, 2.75) is 32.4 Å². The number of nitrogens with one attached hydrogen (secondary N) is 1. The molecule has 1 aromatic carbocycles. The van der Waals surface area contributed by atoms with Gasteiger partial charge in [0, 0.05) is 11.3 Å². The van der Waals surface area contributed by atoms with Crippen molar-refractivity contribution in [3.05, 3.63) is 23.8 Å². The van der Waals surface area contributed by atoms with Gasteiger partial charge in [-0.15, -0.1) is 0 Å². The molecule has 0 aliphatic heterocycles. The zero-order valence-corrected chi connectivity index (χ0v) is 11.3. The zero-order valence-electron chi connectivity index (χ0n) is 11.3. The first kappa shape index (κ1) is 15.3. The number of anilines is 1. The van der Waals surface area contributed by atoms with E-state index in [4.69, 9.17) is 15.6 Å². The van der Waals surface area contributed by atoms with Crippen LogP contribution in [0.25, 0.3) is 0 Å². The summed E-state index contributed by atoms with van der Waals surface area (Å²) in [5, 5.41) is 21.1. The average Bonchev–Trinajstić information content (AvgIpc) is 2.28. The molecule has 1 amide bonds. The van der Waals surface area contributed by atoms with Gasteiger partial charge in [0.15, 0.2) is 0 Å². The number of rotatable bonds is 3. The summed E-state index contributed by atoms with van der Waals surface area (Å²) in [5.41, 5.74) is 5.84. The maximum absolute atomic E-state index is 11.6. The standard InChI is InChI=1S/C13H20N2O4/c1-13(2,3)19-12(18)15-8-4-5-11(17)9(6-8)10(14)7-16/h4-6,10,16-17H,7,14H2,1-3H3,(H,15,18)/t10-/m1/s1. The number of hydrogen-bond acceptors (Lipinski definition) is 5. The van der Waals surface area contributed by atoms with Crippen LogP contribution < -0.4 is 11.1 Å². The van der Waals surface area contributed by atoms with E-state index in [0.29, 0.717) is 11.3 Å². The Labute approximate surface area is 112 Å². The van der Waals surface area contributed by atoms with Crippen LogP contribution in [0.1, 0.15) is 32.4 Å². The molecule has 106 valence electrons. The van der Waals surface area contributed by atoms with E-state index in [-0.39, 0.29) is 12.4 Å². The average molecular weight is 268 g/mol. The number of aliphatic hydroxyl groups is 1. The van der Waals surface area contributed by atoms with Gasteiger partial charge in [-0.3, -0.25) is 5.32 Å². The van der Waals surface area contributed by atoms with Crippen molar-refractivity contribution in [2.24, 2.45) is 5.73 Å². The highest BCUT2D eigenvalue weighted by atomic mass is 16.6. The highest BCUT2D eigenvalue weighted by Crippen LogP contribution is 2.26. The van der Waals surface area contributed by atoms with E-state index < -0.39 is 17.7 Å². The minimum Gasteiger partial charge on any atom is -0.508 e. The number of aromatic hydroxyl groups is 1. The Morgan fingerprint density at radius 3 is 2.63 bits per heavy atom. The summed E-state index contributed by atoms with van der Waals surface area (Å²) >= 11 is 0. The monoisotopic (exact) mass is 268 g/mol. The Bertz CT molecular complexity index is 454. The largest absolute Gasteiger partial charge is 0.508 e. The Hall–Kier alpha value is -1.79. The van der Waals surface area contributed by atoms with Crippen molar-refractivity contribution in [3.8, 4) is 5.75 Å². The second-order valence-electron chi connectivity index (χ2n) is 5.19. The smallest absolute Gasteiger partial charge is 0.412 e. The molecule has 1 rings (SSSR count). The van der Waals surface area contributed by atoms with Crippen LogP contribution in [0.4, 0.5) is 10.5 Å². The van der Waals surface area contributed by atoms with E-state index in [2.05, 4.69) is 5.32 Å². The first-order chi connectivity index (χ1) is 8.73. The molecule has 0 saturated carbocycles. The number of nitrogens with two attached hydrogens (primary N) is 1. The third-order valence-corrected chi connectivity index (χ3v) is 2.27. The Kier molecular flexibility index (Phi) is 4.74. The van der Waals surface area contributed by atoms with Crippen LogP contribution in [0, 0.1) is 0 Å². The molecule has 5 N–H and O–H groups in total. The quantitative estimate of drug-likeness (QED) is 0.625. The zero-order chi connectivity index (χ0) is 14.6. The molecule has 0 aromatic heterocycles. The van der Waals surface area contributed by atoms with Crippen molar-refractivity contribution in [1.82, 2.24) is 0 Å². The van der Waals surface area contributed by atoms with E-state index in [1.165, 1.54) is 18.2 Å². The number of benzene rings is 1. The molecule has 19 heavy (non-hydrogen) atoms. The molecule has 0 aliphatic rings. The summed E-state index contributed by atoms with van der Waals surface area (Å²) in [5.74, 6) is -0.0312. The maximum Gasteiger partial charge on any atom is 0.412 e. The van der Waals surface area contributed by atoms with Gasteiger partial charge in [0.1, 0.15) is 11.4 Å². The fourth-order valence-corrected chi connectivity index (χ4v) is 1.45. The first-order valence-electron chi connectivity index (χ1n) is 5.92. The summed E-state index contributed by atoms with van der Waals surface area (Å²) in [4.78, 5) is 11.6. The number of amides is 1. The minimum atomic E-state index is -0.708. The van der Waals surface area contributed by atoms with Gasteiger partial charge < -0.3 is 20.7 Å². The number of hydrogen-bond donors (Lipinski definition) is 4. The normalized spacial score (nSPS) is 12.9. The molecule has 0 aliphatic carbocycles. The van der Waals surface area contributed by atoms with Crippen LogP contribution in [0.5, 0.6) is 5.75 Å². The Morgan fingerprint density at radius 1 is 1.47 bits per heavy atom.